The van der Waals surface area contributed by atoms with Crippen LogP contribution in [0.25, 0.3) is 6.08 Å². The Labute approximate surface area is 147 Å². The number of hydrogen-bond donors (Lipinski definition) is 0. The molecule has 0 saturated carbocycles. The molecule has 2 aromatic rings. The van der Waals surface area contributed by atoms with E-state index in [1.54, 1.807) is 29.3 Å². The van der Waals surface area contributed by atoms with E-state index in [4.69, 9.17) is 4.42 Å². The molecule has 0 aliphatic carbocycles. The van der Waals surface area contributed by atoms with Crippen molar-refractivity contribution in [3.63, 3.8) is 0 Å². The Bertz CT molecular complexity index is 795. The highest BCUT2D eigenvalue weighted by molar-refractivity contribution is 5.82. The van der Waals surface area contributed by atoms with Crippen molar-refractivity contribution in [2.45, 2.75) is 32.4 Å². The number of carbonyl (C=O) groups is 2. The van der Waals surface area contributed by atoms with Crippen LogP contribution < -0.4 is 0 Å². The van der Waals surface area contributed by atoms with Crippen molar-refractivity contribution >= 4 is 17.9 Å². The molecule has 5 nitrogen and oxygen atoms in total. The molecule has 2 unspecified atom stereocenters. The van der Waals surface area contributed by atoms with Crippen LogP contribution in [-0.2, 0) is 9.59 Å². The number of fused-ring (bicyclic) bond motifs is 1. The van der Waals surface area contributed by atoms with Gasteiger partial charge in [0.15, 0.2) is 0 Å². The zero-order chi connectivity index (χ0) is 18.0. The first-order valence-electron chi connectivity index (χ1n) is 8.34. The SMILES string of the molecule is CC(=O)N1C=Cc2ccccc2C1CC(=O)N(C)C(C)c1ccco1. The summed E-state index contributed by atoms with van der Waals surface area (Å²) >= 11 is 0. The van der Waals surface area contributed by atoms with E-state index in [-0.39, 0.29) is 30.3 Å². The number of hydrogen-bond acceptors (Lipinski definition) is 3. The zero-order valence-electron chi connectivity index (χ0n) is 14.7. The average molecular weight is 338 g/mol. The van der Waals surface area contributed by atoms with Gasteiger partial charge in [0, 0.05) is 20.2 Å². The van der Waals surface area contributed by atoms with Gasteiger partial charge in [0.05, 0.1) is 24.8 Å². The lowest BCUT2D eigenvalue weighted by atomic mass is 9.93. The minimum absolute atomic E-state index is 0.0368. The largest absolute Gasteiger partial charge is 0.467 e. The van der Waals surface area contributed by atoms with Gasteiger partial charge in [-0.3, -0.25) is 9.59 Å². The molecule has 2 atom stereocenters. The van der Waals surface area contributed by atoms with E-state index in [0.29, 0.717) is 0 Å². The predicted molar refractivity (Wildman–Crippen MR) is 95.2 cm³/mol. The lowest BCUT2D eigenvalue weighted by molar-refractivity contribution is -0.135. The molecule has 5 heteroatoms. The molecule has 0 spiro atoms. The third-order valence-corrected chi connectivity index (χ3v) is 4.77. The van der Waals surface area contributed by atoms with Gasteiger partial charge in [-0.15, -0.1) is 0 Å². The smallest absolute Gasteiger partial charge is 0.225 e. The summed E-state index contributed by atoms with van der Waals surface area (Å²) in [5.41, 5.74) is 2.03. The lowest BCUT2D eigenvalue weighted by Gasteiger charge is -2.34. The Kier molecular flexibility index (Phi) is 4.74. The number of benzene rings is 1. The standard InChI is InChI=1S/C20H22N2O3/c1-14(19-9-6-12-25-19)21(3)20(24)13-18-17-8-5-4-7-16(17)10-11-22(18)15(2)23/h4-12,14,18H,13H2,1-3H3. The van der Waals surface area contributed by atoms with Gasteiger partial charge in [-0.2, -0.15) is 0 Å². The normalized spacial score (nSPS) is 17.1. The van der Waals surface area contributed by atoms with E-state index >= 15 is 0 Å². The van der Waals surface area contributed by atoms with Crippen molar-refractivity contribution in [2.75, 3.05) is 7.05 Å². The molecule has 130 valence electrons. The highest BCUT2D eigenvalue weighted by atomic mass is 16.3. The summed E-state index contributed by atoms with van der Waals surface area (Å²) in [6, 6.07) is 11.1. The van der Waals surface area contributed by atoms with Gasteiger partial charge in [-0.05, 0) is 36.3 Å². The predicted octanol–water partition coefficient (Wildman–Crippen LogP) is 3.76. The highest BCUT2D eigenvalue weighted by Crippen LogP contribution is 2.34. The van der Waals surface area contributed by atoms with Gasteiger partial charge in [-0.1, -0.05) is 24.3 Å². The first kappa shape index (κ1) is 17.0. The summed E-state index contributed by atoms with van der Waals surface area (Å²) in [6.07, 6.45) is 5.50. The van der Waals surface area contributed by atoms with Gasteiger partial charge in [-0.25, -0.2) is 0 Å². The minimum atomic E-state index is -0.294. The van der Waals surface area contributed by atoms with Gasteiger partial charge in [0.1, 0.15) is 5.76 Å². The third-order valence-electron chi connectivity index (χ3n) is 4.77. The number of rotatable bonds is 4. The maximum Gasteiger partial charge on any atom is 0.225 e. The number of amides is 2. The summed E-state index contributed by atoms with van der Waals surface area (Å²) in [5, 5.41) is 0. The summed E-state index contributed by atoms with van der Waals surface area (Å²) < 4.78 is 5.40. The van der Waals surface area contributed by atoms with E-state index in [9.17, 15) is 9.59 Å². The van der Waals surface area contributed by atoms with Crippen molar-refractivity contribution in [3.05, 3.63) is 65.7 Å². The van der Waals surface area contributed by atoms with Crippen LogP contribution in [-0.4, -0.2) is 28.7 Å². The Morgan fingerprint density at radius 1 is 1.24 bits per heavy atom. The van der Waals surface area contributed by atoms with Crippen LogP contribution in [0.2, 0.25) is 0 Å². The zero-order valence-corrected chi connectivity index (χ0v) is 14.7. The van der Waals surface area contributed by atoms with Crippen molar-refractivity contribution in [1.29, 1.82) is 0 Å². The van der Waals surface area contributed by atoms with Crippen molar-refractivity contribution in [2.24, 2.45) is 0 Å². The van der Waals surface area contributed by atoms with Crippen LogP contribution in [0.1, 0.15) is 49.2 Å². The lowest BCUT2D eigenvalue weighted by Crippen LogP contribution is -2.36. The first-order valence-corrected chi connectivity index (χ1v) is 8.34. The molecule has 0 bridgehead atoms. The van der Waals surface area contributed by atoms with Crippen molar-refractivity contribution < 1.29 is 14.0 Å². The molecular weight excluding hydrogens is 316 g/mol. The van der Waals surface area contributed by atoms with Crippen molar-refractivity contribution in [3.8, 4) is 0 Å². The van der Waals surface area contributed by atoms with Crippen LogP contribution in [0.4, 0.5) is 0 Å². The third kappa shape index (κ3) is 3.36. The maximum absolute atomic E-state index is 12.8. The number of carbonyl (C=O) groups excluding carboxylic acids is 2. The highest BCUT2D eigenvalue weighted by Gasteiger charge is 2.30. The Balaban J connectivity index is 1.82. The van der Waals surface area contributed by atoms with Crippen LogP contribution >= 0.6 is 0 Å². The van der Waals surface area contributed by atoms with E-state index in [1.165, 1.54) is 6.92 Å². The minimum Gasteiger partial charge on any atom is -0.467 e. The van der Waals surface area contributed by atoms with Crippen LogP contribution in [0.3, 0.4) is 0 Å². The molecule has 1 aromatic carbocycles. The molecule has 1 aromatic heterocycles. The summed E-state index contributed by atoms with van der Waals surface area (Å²) in [4.78, 5) is 28.2. The topological polar surface area (TPSA) is 53.8 Å². The summed E-state index contributed by atoms with van der Waals surface area (Å²) in [6.45, 7) is 3.44. The van der Waals surface area contributed by atoms with Gasteiger partial charge in [0.25, 0.3) is 0 Å². The second kappa shape index (κ2) is 6.97. The quantitative estimate of drug-likeness (QED) is 0.853. The van der Waals surface area contributed by atoms with E-state index in [2.05, 4.69) is 0 Å². The molecule has 0 saturated heterocycles. The Hall–Kier alpha value is -2.82. The van der Waals surface area contributed by atoms with E-state index < -0.39 is 0 Å². The second-order valence-electron chi connectivity index (χ2n) is 6.29. The fraction of sp³-hybridized carbons (Fsp3) is 0.300. The molecule has 0 radical (unpaired) electrons. The fourth-order valence-corrected chi connectivity index (χ4v) is 3.16. The molecule has 1 aliphatic heterocycles. The molecular formula is C20H22N2O3. The van der Waals surface area contributed by atoms with Gasteiger partial charge >= 0.3 is 0 Å². The molecule has 0 N–H and O–H groups in total. The van der Waals surface area contributed by atoms with Crippen molar-refractivity contribution in [1.82, 2.24) is 9.80 Å². The molecule has 2 amide bonds. The fourth-order valence-electron chi connectivity index (χ4n) is 3.16. The van der Waals surface area contributed by atoms with E-state index in [1.807, 2.05) is 49.4 Å². The Morgan fingerprint density at radius 3 is 2.68 bits per heavy atom. The van der Waals surface area contributed by atoms with E-state index in [0.717, 1.165) is 16.9 Å². The molecule has 2 heterocycles. The van der Waals surface area contributed by atoms with Crippen LogP contribution in [0, 0.1) is 0 Å². The number of furan rings is 1. The molecule has 3 rings (SSSR count). The van der Waals surface area contributed by atoms with Crippen LogP contribution in [0.15, 0.2) is 53.3 Å². The monoisotopic (exact) mass is 338 g/mol. The second-order valence-corrected chi connectivity index (χ2v) is 6.29. The number of nitrogens with zero attached hydrogens (tertiary/aromatic N) is 2. The summed E-state index contributed by atoms with van der Waals surface area (Å²) in [7, 11) is 1.76. The van der Waals surface area contributed by atoms with Crippen LogP contribution in [0.5, 0.6) is 0 Å². The molecule has 0 fully saturated rings. The van der Waals surface area contributed by atoms with Gasteiger partial charge in [0.2, 0.25) is 11.8 Å². The Morgan fingerprint density at radius 2 is 2.00 bits per heavy atom. The maximum atomic E-state index is 12.8. The molecule has 1 aliphatic rings. The van der Waals surface area contributed by atoms with Gasteiger partial charge < -0.3 is 14.2 Å². The summed E-state index contributed by atoms with van der Waals surface area (Å²) in [5.74, 6) is 0.624. The first-order chi connectivity index (χ1) is 12.0. The average Bonchev–Trinajstić information content (AvgIpc) is 3.15. The molecule has 25 heavy (non-hydrogen) atoms.